The van der Waals surface area contributed by atoms with Gasteiger partial charge in [-0.15, -0.1) is 0 Å². The van der Waals surface area contributed by atoms with Crippen LogP contribution in [-0.2, 0) is 11.2 Å². The van der Waals surface area contributed by atoms with E-state index >= 15 is 0 Å². The van der Waals surface area contributed by atoms with E-state index in [1.165, 1.54) is 20.1 Å². The van der Waals surface area contributed by atoms with Gasteiger partial charge in [0.2, 0.25) is 5.91 Å². The van der Waals surface area contributed by atoms with E-state index in [4.69, 9.17) is 4.74 Å². The Labute approximate surface area is 134 Å². The summed E-state index contributed by atoms with van der Waals surface area (Å²) in [7, 11) is 1.50. The fraction of sp³-hybridized carbons (Fsp3) is 0.222. The molecule has 0 aliphatic heterocycles. The molecule has 0 saturated carbocycles. The van der Waals surface area contributed by atoms with E-state index in [9.17, 15) is 14.0 Å². The van der Waals surface area contributed by atoms with Gasteiger partial charge in [0.1, 0.15) is 11.6 Å². The lowest BCUT2D eigenvalue weighted by Gasteiger charge is -2.11. The highest BCUT2D eigenvalue weighted by Crippen LogP contribution is 2.22. The van der Waals surface area contributed by atoms with Gasteiger partial charge in [-0.3, -0.25) is 9.59 Å². The molecule has 120 valence electrons. The van der Waals surface area contributed by atoms with Crippen LogP contribution in [0.15, 0.2) is 36.4 Å². The molecule has 1 N–H and O–H groups in total. The number of aryl methyl sites for hydroxylation is 1. The van der Waals surface area contributed by atoms with Crippen LogP contribution in [0.1, 0.15) is 28.4 Å². The number of methoxy groups -OCH3 is 1. The Morgan fingerprint density at radius 3 is 2.52 bits per heavy atom. The van der Waals surface area contributed by atoms with Crippen LogP contribution in [-0.4, -0.2) is 18.8 Å². The number of ether oxygens (including phenoxy) is 1. The molecule has 4 nitrogen and oxygen atoms in total. The number of rotatable bonds is 5. The molecule has 23 heavy (non-hydrogen) atoms. The van der Waals surface area contributed by atoms with Crippen molar-refractivity contribution in [3.8, 4) is 5.75 Å². The van der Waals surface area contributed by atoms with Crippen LogP contribution < -0.4 is 10.1 Å². The van der Waals surface area contributed by atoms with Crippen molar-refractivity contribution in [2.24, 2.45) is 0 Å². The third kappa shape index (κ3) is 4.16. The Kier molecular flexibility index (Phi) is 5.11. The molecule has 0 heterocycles. The Morgan fingerprint density at radius 2 is 1.91 bits per heavy atom. The van der Waals surface area contributed by atoms with Crippen LogP contribution >= 0.6 is 0 Å². The van der Waals surface area contributed by atoms with E-state index in [2.05, 4.69) is 5.32 Å². The van der Waals surface area contributed by atoms with E-state index in [0.717, 1.165) is 0 Å². The van der Waals surface area contributed by atoms with E-state index in [0.29, 0.717) is 28.1 Å². The highest BCUT2D eigenvalue weighted by Gasteiger charge is 2.12. The second-order valence-corrected chi connectivity index (χ2v) is 5.27. The minimum Gasteiger partial charge on any atom is -0.496 e. The zero-order chi connectivity index (χ0) is 17.0. The van der Waals surface area contributed by atoms with Crippen molar-refractivity contribution in [1.29, 1.82) is 0 Å². The highest BCUT2D eigenvalue weighted by molar-refractivity contribution is 5.96. The lowest BCUT2D eigenvalue weighted by atomic mass is 10.0. The molecule has 5 heteroatoms. The Morgan fingerprint density at radius 1 is 1.17 bits per heavy atom. The molecule has 0 atom stereocenters. The molecule has 0 bridgehead atoms. The molecule has 0 spiro atoms. The molecule has 0 radical (unpaired) electrons. The van der Waals surface area contributed by atoms with Crippen molar-refractivity contribution in [2.75, 3.05) is 12.4 Å². The quantitative estimate of drug-likeness (QED) is 0.859. The number of halogens is 1. The predicted molar refractivity (Wildman–Crippen MR) is 86.5 cm³/mol. The highest BCUT2D eigenvalue weighted by atomic mass is 19.1. The minimum atomic E-state index is -0.376. The van der Waals surface area contributed by atoms with Gasteiger partial charge in [-0.1, -0.05) is 6.07 Å². The molecular formula is C18H18FNO3. The molecule has 2 aromatic carbocycles. The lowest BCUT2D eigenvalue weighted by molar-refractivity contribution is -0.115. The summed E-state index contributed by atoms with van der Waals surface area (Å²) in [5.74, 6) is -0.249. The number of benzene rings is 2. The fourth-order valence-corrected chi connectivity index (χ4v) is 2.18. The number of anilines is 1. The number of nitrogens with one attached hydrogen (secondary N) is 1. The van der Waals surface area contributed by atoms with Crippen molar-refractivity contribution in [3.63, 3.8) is 0 Å². The Hall–Kier alpha value is -2.69. The average molecular weight is 315 g/mol. The number of Topliss-reactive ketones (excluding diaryl/α,β-unsaturated/α-hetero) is 1. The van der Waals surface area contributed by atoms with Gasteiger partial charge in [0.15, 0.2) is 5.78 Å². The summed E-state index contributed by atoms with van der Waals surface area (Å²) >= 11 is 0. The minimum absolute atomic E-state index is 0.0276. The van der Waals surface area contributed by atoms with E-state index < -0.39 is 0 Å². The van der Waals surface area contributed by atoms with Crippen molar-refractivity contribution in [2.45, 2.75) is 20.3 Å². The topological polar surface area (TPSA) is 55.4 Å². The van der Waals surface area contributed by atoms with E-state index in [-0.39, 0.29) is 23.9 Å². The van der Waals surface area contributed by atoms with E-state index in [1.54, 1.807) is 37.3 Å². The van der Waals surface area contributed by atoms with Crippen LogP contribution in [0.4, 0.5) is 10.1 Å². The summed E-state index contributed by atoms with van der Waals surface area (Å²) in [5, 5.41) is 2.64. The van der Waals surface area contributed by atoms with Crippen molar-refractivity contribution in [3.05, 3.63) is 58.9 Å². The monoisotopic (exact) mass is 315 g/mol. The second-order valence-electron chi connectivity index (χ2n) is 5.27. The molecule has 1 amide bonds. The number of ketones is 1. The standard InChI is InChI=1S/C18H18FNO3/c1-11-4-6-15(10-16(11)19)20-18(22)9-14-8-13(12(2)21)5-7-17(14)23-3/h4-8,10H,9H2,1-3H3,(H,20,22). The lowest BCUT2D eigenvalue weighted by Crippen LogP contribution is -2.15. The van der Waals surface area contributed by atoms with Gasteiger partial charge >= 0.3 is 0 Å². The first kappa shape index (κ1) is 16.7. The molecule has 2 aromatic rings. The molecule has 0 aliphatic carbocycles. The Balaban J connectivity index is 2.17. The third-order valence-corrected chi connectivity index (χ3v) is 3.49. The molecule has 0 aromatic heterocycles. The average Bonchev–Trinajstić information content (AvgIpc) is 2.50. The van der Waals surface area contributed by atoms with Crippen molar-refractivity contribution in [1.82, 2.24) is 0 Å². The number of amides is 1. The summed E-state index contributed by atoms with van der Waals surface area (Å²) < 4.78 is 18.7. The van der Waals surface area contributed by atoms with Gasteiger partial charge in [-0.05, 0) is 49.7 Å². The molecule has 0 saturated heterocycles. The summed E-state index contributed by atoms with van der Waals surface area (Å²) in [5.41, 5.74) is 2.01. The largest absolute Gasteiger partial charge is 0.496 e. The first-order chi connectivity index (χ1) is 10.9. The van der Waals surface area contributed by atoms with Crippen LogP contribution in [0.5, 0.6) is 5.75 Å². The smallest absolute Gasteiger partial charge is 0.228 e. The molecule has 0 fully saturated rings. The van der Waals surface area contributed by atoms with Crippen LogP contribution in [0.3, 0.4) is 0 Å². The van der Waals surface area contributed by atoms with E-state index in [1.807, 2.05) is 0 Å². The second kappa shape index (κ2) is 7.05. The summed E-state index contributed by atoms with van der Waals surface area (Å²) in [4.78, 5) is 23.6. The van der Waals surface area contributed by atoms with Crippen molar-refractivity contribution >= 4 is 17.4 Å². The number of carbonyl (C=O) groups excluding carboxylic acids is 2. The SMILES string of the molecule is COc1ccc(C(C)=O)cc1CC(=O)Nc1ccc(C)c(F)c1. The maximum absolute atomic E-state index is 13.5. The zero-order valence-corrected chi connectivity index (χ0v) is 13.3. The molecular weight excluding hydrogens is 297 g/mol. The molecule has 2 rings (SSSR count). The maximum atomic E-state index is 13.5. The summed E-state index contributed by atoms with van der Waals surface area (Å²) in [6, 6.07) is 9.46. The fourth-order valence-electron chi connectivity index (χ4n) is 2.18. The number of hydrogen-bond acceptors (Lipinski definition) is 3. The van der Waals surface area contributed by atoms with Crippen LogP contribution in [0.2, 0.25) is 0 Å². The predicted octanol–water partition coefficient (Wildman–Crippen LogP) is 3.53. The van der Waals surface area contributed by atoms with Gasteiger partial charge in [0, 0.05) is 16.8 Å². The first-order valence-electron chi connectivity index (χ1n) is 7.14. The summed E-state index contributed by atoms with van der Waals surface area (Å²) in [6.07, 6.45) is 0.0276. The molecule has 0 aliphatic rings. The van der Waals surface area contributed by atoms with Gasteiger partial charge < -0.3 is 10.1 Å². The van der Waals surface area contributed by atoms with Crippen molar-refractivity contribution < 1.29 is 18.7 Å². The van der Waals surface area contributed by atoms with Gasteiger partial charge in [0.05, 0.1) is 13.5 Å². The van der Waals surface area contributed by atoms with Crippen LogP contribution in [0, 0.1) is 12.7 Å². The normalized spacial score (nSPS) is 10.3. The number of carbonyl (C=O) groups is 2. The zero-order valence-electron chi connectivity index (χ0n) is 13.3. The van der Waals surface area contributed by atoms with Gasteiger partial charge in [0.25, 0.3) is 0 Å². The number of hydrogen-bond donors (Lipinski definition) is 1. The van der Waals surface area contributed by atoms with Gasteiger partial charge in [-0.25, -0.2) is 4.39 Å². The summed E-state index contributed by atoms with van der Waals surface area (Å²) in [6.45, 7) is 3.11. The third-order valence-electron chi connectivity index (χ3n) is 3.49. The van der Waals surface area contributed by atoms with Crippen LogP contribution in [0.25, 0.3) is 0 Å². The molecule has 0 unspecified atom stereocenters. The Bertz CT molecular complexity index is 756. The van der Waals surface area contributed by atoms with Gasteiger partial charge in [-0.2, -0.15) is 0 Å². The first-order valence-corrected chi connectivity index (χ1v) is 7.14. The maximum Gasteiger partial charge on any atom is 0.228 e.